The van der Waals surface area contributed by atoms with Gasteiger partial charge in [-0.25, -0.2) is 4.98 Å². The van der Waals surface area contributed by atoms with Crippen molar-refractivity contribution in [2.45, 2.75) is 102 Å². The number of likely N-dealkylation sites (tertiary alicyclic amines) is 1. The van der Waals surface area contributed by atoms with Gasteiger partial charge in [0, 0.05) is 49.9 Å². The van der Waals surface area contributed by atoms with Crippen LogP contribution in [-0.2, 0) is 25.5 Å². The number of aryl methyl sites for hydroxylation is 2. The Kier molecular flexibility index (Phi) is 16.2. The molecule has 6 rings (SSSR count). The largest absolute Gasteiger partial charge is 0.491 e. The highest BCUT2D eigenvalue weighted by Gasteiger charge is 2.44. The van der Waals surface area contributed by atoms with Crippen LogP contribution in [0.4, 0.5) is 0 Å². The van der Waals surface area contributed by atoms with Gasteiger partial charge in [0.1, 0.15) is 55.1 Å². The number of nitrogens with one attached hydrogen (secondary N) is 2. The van der Waals surface area contributed by atoms with Crippen molar-refractivity contribution in [1.82, 2.24) is 20.5 Å². The predicted molar refractivity (Wildman–Crippen MR) is 239 cm³/mol. The van der Waals surface area contributed by atoms with E-state index in [-0.39, 0.29) is 49.8 Å². The second-order valence-electron chi connectivity index (χ2n) is 17.3. The summed E-state index contributed by atoms with van der Waals surface area (Å²) in [6.45, 7) is 6.00. The van der Waals surface area contributed by atoms with Crippen molar-refractivity contribution in [2.24, 2.45) is 5.41 Å². The molecule has 15 nitrogen and oxygen atoms in total. The summed E-state index contributed by atoms with van der Waals surface area (Å²) in [6.07, 6.45) is -1.83. The van der Waals surface area contributed by atoms with Gasteiger partial charge in [-0.2, -0.15) is 5.26 Å². The molecule has 64 heavy (non-hydrogen) atoms. The van der Waals surface area contributed by atoms with Gasteiger partial charge in [-0.15, -0.1) is 11.3 Å². The maximum atomic E-state index is 14.0. The van der Waals surface area contributed by atoms with E-state index < -0.39 is 60.8 Å². The average Bonchev–Trinajstić information content (AvgIpc) is 3.87. The number of carbonyl (C=O) groups is 4. The molecule has 2 heterocycles. The third kappa shape index (κ3) is 12.6. The molecule has 5 N–H and O–H groups in total. The van der Waals surface area contributed by atoms with Crippen molar-refractivity contribution < 1.29 is 48.7 Å². The van der Waals surface area contributed by atoms with Gasteiger partial charge < -0.3 is 45.1 Å². The maximum Gasteiger partial charge on any atom is 0.251 e. The number of aliphatic hydroxyl groups is 3. The van der Waals surface area contributed by atoms with Gasteiger partial charge >= 0.3 is 0 Å². The first-order valence-electron chi connectivity index (χ1n) is 21.1. The van der Waals surface area contributed by atoms with E-state index >= 15 is 0 Å². The normalized spacial score (nSPS) is 19.7. The van der Waals surface area contributed by atoms with Gasteiger partial charge in [0.25, 0.3) is 5.91 Å². The van der Waals surface area contributed by atoms with E-state index in [1.807, 2.05) is 37.3 Å². The standard InChI is InChI=1S/C47H54ClN5O10S/c1-27-43(64-26-50-27)29-8-5-28(6-9-29)7-16-39(55)38-19-33(54)22-53(38)46(60)44(47(2,3)4)52-42(58)25-61-23-40(56)41(57)24-62-34-13-10-30(11-14-34)45(59)51-32-17-36(18-32)63-35-15-12-31(21-49)37(48)20-35/h5-6,8-15,20,26,32-33,36,38,40-41,44,54,56-57H,7,16-19,22-25H2,1-4H3,(H,51,59)(H,52,58)/t32?,33-,36?,38+,40+,41+,44-/m1/s1. The zero-order valence-electron chi connectivity index (χ0n) is 36.2. The Morgan fingerprint density at radius 3 is 2.31 bits per heavy atom. The number of rotatable bonds is 19. The van der Waals surface area contributed by atoms with Gasteiger partial charge in [0.05, 0.1) is 45.4 Å². The molecule has 1 aliphatic heterocycles. The van der Waals surface area contributed by atoms with Crippen LogP contribution in [0.25, 0.3) is 10.4 Å². The lowest BCUT2D eigenvalue weighted by Crippen LogP contribution is -2.57. The number of nitriles is 1. The number of Topliss-reactive ketones (excluding diaryl/α,β-unsaturated/α-hetero) is 1. The number of ether oxygens (including phenoxy) is 3. The number of ketones is 1. The second kappa shape index (κ2) is 21.5. The number of aliphatic hydroxyl groups excluding tert-OH is 3. The Hall–Kier alpha value is -5.41. The zero-order valence-corrected chi connectivity index (χ0v) is 37.7. The molecular formula is C47H54ClN5O10S. The maximum absolute atomic E-state index is 14.0. The molecule has 3 aromatic carbocycles. The summed E-state index contributed by atoms with van der Waals surface area (Å²) in [6, 6.07) is 19.1. The molecule has 2 aliphatic rings. The van der Waals surface area contributed by atoms with E-state index in [0.29, 0.717) is 46.9 Å². The average molecular weight is 916 g/mol. The number of benzene rings is 3. The van der Waals surface area contributed by atoms with Crippen molar-refractivity contribution >= 4 is 46.4 Å². The SMILES string of the molecule is Cc1ncsc1-c1ccc(CCC(=O)[C@@H]2C[C@@H](O)CN2C(=O)[C@@H](NC(=O)COC[C@H](O)[C@@H](O)COc2ccc(C(=O)NC3CC(Oc4ccc(C#N)c(Cl)c4)C3)cc2)C(C)(C)C)cc1. The summed E-state index contributed by atoms with van der Waals surface area (Å²) in [4.78, 5) is 60.1. The molecule has 340 valence electrons. The van der Waals surface area contributed by atoms with E-state index in [4.69, 9.17) is 31.1 Å². The van der Waals surface area contributed by atoms with Crippen molar-refractivity contribution in [3.63, 3.8) is 0 Å². The highest BCUT2D eigenvalue weighted by Crippen LogP contribution is 2.31. The topological polar surface area (TPSA) is 221 Å². The molecule has 1 saturated carbocycles. The van der Waals surface area contributed by atoms with E-state index in [1.165, 1.54) is 4.90 Å². The highest BCUT2D eigenvalue weighted by molar-refractivity contribution is 7.13. The number of amides is 3. The van der Waals surface area contributed by atoms with E-state index in [9.17, 15) is 34.5 Å². The van der Waals surface area contributed by atoms with Gasteiger partial charge in [0.2, 0.25) is 11.8 Å². The third-order valence-electron chi connectivity index (χ3n) is 11.3. The first-order chi connectivity index (χ1) is 30.5. The summed E-state index contributed by atoms with van der Waals surface area (Å²) in [5.74, 6) is -0.680. The third-order valence-corrected chi connectivity index (χ3v) is 12.6. The van der Waals surface area contributed by atoms with Crippen molar-refractivity contribution in [3.8, 4) is 28.0 Å². The number of halogens is 1. The first kappa shape index (κ1) is 48.1. The number of nitrogens with zero attached hydrogens (tertiary/aromatic N) is 3. The molecular weight excluding hydrogens is 862 g/mol. The summed E-state index contributed by atoms with van der Waals surface area (Å²) in [7, 11) is 0. The molecule has 0 unspecified atom stereocenters. The number of carbonyl (C=O) groups excluding carboxylic acids is 4. The Morgan fingerprint density at radius 2 is 1.67 bits per heavy atom. The summed E-state index contributed by atoms with van der Waals surface area (Å²) >= 11 is 7.65. The van der Waals surface area contributed by atoms with Crippen LogP contribution in [0.15, 0.2) is 72.2 Å². The fraction of sp³-hybridized carbons (Fsp3) is 0.447. The smallest absolute Gasteiger partial charge is 0.251 e. The molecule has 1 aliphatic carbocycles. The quantitative estimate of drug-likeness (QED) is 0.0857. The van der Waals surface area contributed by atoms with Crippen molar-refractivity contribution in [2.75, 3.05) is 26.4 Å². The van der Waals surface area contributed by atoms with Crippen LogP contribution in [0.1, 0.15) is 73.6 Å². The Labute approximate surface area is 381 Å². The van der Waals surface area contributed by atoms with Crippen LogP contribution in [-0.4, -0.2) is 118 Å². The fourth-order valence-electron chi connectivity index (χ4n) is 7.50. The van der Waals surface area contributed by atoms with Crippen molar-refractivity contribution in [1.29, 1.82) is 5.26 Å². The lowest BCUT2D eigenvalue weighted by atomic mass is 9.85. The Bertz CT molecular complexity index is 2310. The lowest BCUT2D eigenvalue weighted by molar-refractivity contribution is -0.144. The molecule has 0 bridgehead atoms. The van der Waals surface area contributed by atoms with Crippen LogP contribution < -0.4 is 20.1 Å². The van der Waals surface area contributed by atoms with Gasteiger partial charge in [0.15, 0.2) is 5.78 Å². The Morgan fingerprint density at radius 1 is 0.984 bits per heavy atom. The van der Waals surface area contributed by atoms with Crippen LogP contribution in [0.3, 0.4) is 0 Å². The first-order valence-corrected chi connectivity index (χ1v) is 22.4. The molecule has 4 aromatic rings. The fourth-order valence-corrected chi connectivity index (χ4v) is 8.52. The van der Waals surface area contributed by atoms with Gasteiger partial charge in [-0.3, -0.25) is 19.2 Å². The van der Waals surface area contributed by atoms with E-state index in [1.54, 1.807) is 80.1 Å². The molecule has 0 radical (unpaired) electrons. The highest BCUT2D eigenvalue weighted by atomic mass is 35.5. The molecule has 0 spiro atoms. The number of aromatic nitrogens is 1. The minimum absolute atomic E-state index is 0.0414. The summed E-state index contributed by atoms with van der Waals surface area (Å²) in [5, 5.41) is 46.6. The molecule has 5 atom stereocenters. The molecule has 17 heteroatoms. The number of β-amino-alcohol motifs (C(OH)–C–C–N with tert-alkyl or cyclic N) is 1. The minimum atomic E-state index is -1.42. The number of hydrogen-bond acceptors (Lipinski definition) is 13. The van der Waals surface area contributed by atoms with Crippen molar-refractivity contribution in [3.05, 3.63) is 99.6 Å². The molecule has 3 amide bonds. The van der Waals surface area contributed by atoms with Crippen LogP contribution in [0, 0.1) is 23.7 Å². The molecule has 1 aromatic heterocycles. The summed E-state index contributed by atoms with van der Waals surface area (Å²) in [5.41, 5.74) is 4.77. The monoisotopic (exact) mass is 915 g/mol. The molecule has 2 fully saturated rings. The number of thiazole rings is 1. The van der Waals surface area contributed by atoms with Crippen LogP contribution >= 0.6 is 22.9 Å². The zero-order chi connectivity index (χ0) is 46.1. The van der Waals surface area contributed by atoms with E-state index in [0.717, 1.165) is 21.7 Å². The van der Waals surface area contributed by atoms with Crippen LogP contribution in [0.5, 0.6) is 11.5 Å². The second-order valence-corrected chi connectivity index (χ2v) is 18.6. The van der Waals surface area contributed by atoms with E-state index in [2.05, 4.69) is 15.6 Å². The Balaban J connectivity index is 0.898. The van der Waals surface area contributed by atoms with Gasteiger partial charge in [-0.1, -0.05) is 56.6 Å². The molecule has 1 saturated heterocycles. The van der Waals surface area contributed by atoms with Gasteiger partial charge in [-0.05, 0) is 66.3 Å². The predicted octanol–water partition coefficient (Wildman–Crippen LogP) is 4.80. The lowest BCUT2D eigenvalue weighted by Gasteiger charge is -2.35. The number of hydrogen-bond donors (Lipinski definition) is 5. The minimum Gasteiger partial charge on any atom is -0.491 e. The van der Waals surface area contributed by atoms with Crippen LogP contribution in [0.2, 0.25) is 5.02 Å². The summed E-state index contributed by atoms with van der Waals surface area (Å²) < 4.78 is 16.9.